The molecule has 0 atom stereocenters. The van der Waals surface area contributed by atoms with E-state index in [1.165, 1.54) is 17.5 Å². The molecule has 2 amide bonds. The summed E-state index contributed by atoms with van der Waals surface area (Å²) in [6.45, 7) is 2.03. The molecule has 3 aromatic carbocycles. The van der Waals surface area contributed by atoms with Gasteiger partial charge in [0.1, 0.15) is 6.61 Å². The zero-order chi connectivity index (χ0) is 24.6. The average molecular weight is 472 g/mol. The zero-order valence-electron chi connectivity index (χ0n) is 20.5. The van der Waals surface area contributed by atoms with E-state index < -0.39 is 0 Å². The lowest BCUT2D eigenvalue weighted by molar-refractivity contribution is 0.0472. The van der Waals surface area contributed by atoms with Crippen LogP contribution in [0.5, 0.6) is 0 Å². The molecule has 182 valence electrons. The van der Waals surface area contributed by atoms with Crippen molar-refractivity contribution < 1.29 is 14.3 Å². The highest BCUT2D eigenvalue weighted by molar-refractivity contribution is 5.90. The maximum atomic E-state index is 13.1. The van der Waals surface area contributed by atoms with E-state index in [0.29, 0.717) is 18.7 Å². The molecule has 1 aliphatic carbocycles. The molecule has 0 fully saturated rings. The topological polar surface area (TPSA) is 61.9 Å². The second kappa shape index (κ2) is 11.7. The minimum atomic E-state index is -0.362. The van der Waals surface area contributed by atoms with Crippen LogP contribution in [0.3, 0.4) is 0 Å². The van der Waals surface area contributed by atoms with Crippen molar-refractivity contribution in [1.29, 1.82) is 0 Å². The van der Waals surface area contributed by atoms with Gasteiger partial charge in [-0.3, -0.25) is 0 Å². The number of esters is 1. The second-order valence-electron chi connectivity index (χ2n) is 9.25. The maximum Gasteiger partial charge on any atom is 0.338 e. The summed E-state index contributed by atoms with van der Waals surface area (Å²) in [7, 11) is 3.98. The number of fused-ring (bicyclic) bond motifs is 1. The zero-order valence-corrected chi connectivity index (χ0v) is 20.5. The molecular formula is C29H33N3O3. The van der Waals surface area contributed by atoms with Gasteiger partial charge in [0, 0.05) is 25.3 Å². The number of hydrogen-bond acceptors (Lipinski definition) is 4. The maximum absolute atomic E-state index is 13.1. The fourth-order valence-corrected chi connectivity index (χ4v) is 4.20. The summed E-state index contributed by atoms with van der Waals surface area (Å²) >= 11 is 0. The number of ether oxygens (including phenoxy) is 1. The quantitative estimate of drug-likeness (QED) is 0.440. The average Bonchev–Trinajstić information content (AvgIpc) is 3.34. The van der Waals surface area contributed by atoms with Crippen LogP contribution in [-0.4, -0.2) is 49.0 Å². The lowest BCUT2D eigenvalue weighted by Gasteiger charge is -2.25. The van der Waals surface area contributed by atoms with Crippen molar-refractivity contribution >= 4 is 17.7 Å². The van der Waals surface area contributed by atoms with Crippen molar-refractivity contribution in [2.75, 3.05) is 32.5 Å². The molecule has 0 saturated carbocycles. The first-order valence-electron chi connectivity index (χ1n) is 12.1. The molecule has 0 bridgehead atoms. The third-order valence-electron chi connectivity index (χ3n) is 6.23. The molecule has 0 radical (unpaired) electrons. The van der Waals surface area contributed by atoms with Crippen LogP contribution in [0.25, 0.3) is 0 Å². The van der Waals surface area contributed by atoms with E-state index in [2.05, 4.69) is 22.3 Å². The fraction of sp³-hybridized carbons (Fsp3) is 0.310. The first kappa shape index (κ1) is 24.5. The van der Waals surface area contributed by atoms with Crippen molar-refractivity contribution in [3.05, 3.63) is 101 Å². The van der Waals surface area contributed by atoms with Crippen LogP contribution in [0.15, 0.2) is 72.8 Å². The number of anilines is 1. The third kappa shape index (κ3) is 6.93. The fourth-order valence-electron chi connectivity index (χ4n) is 4.20. The third-order valence-corrected chi connectivity index (χ3v) is 6.23. The number of benzene rings is 3. The standard InChI is InChI=1S/C29H33N3O3/c1-31(2)17-18-32(29(34)30-27-16-15-24-9-6-10-26(24)19-27)20-22-11-13-25(14-12-22)28(33)35-21-23-7-4-3-5-8-23/h3-5,7-8,11-16,19H,6,9-10,17-18,20-21H2,1-2H3,(H,30,34). The molecule has 6 nitrogen and oxygen atoms in total. The van der Waals surface area contributed by atoms with Crippen LogP contribution < -0.4 is 5.32 Å². The number of likely N-dealkylation sites (N-methyl/N-ethyl adjacent to an activating group) is 1. The first-order valence-corrected chi connectivity index (χ1v) is 12.1. The summed E-state index contributed by atoms with van der Waals surface area (Å²) in [5.74, 6) is -0.362. The number of nitrogens with zero attached hydrogens (tertiary/aromatic N) is 2. The van der Waals surface area contributed by atoms with Crippen LogP contribution >= 0.6 is 0 Å². The van der Waals surface area contributed by atoms with Gasteiger partial charge in [0.05, 0.1) is 5.56 Å². The van der Waals surface area contributed by atoms with Crippen molar-refractivity contribution in [2.45, 2.75) is 32.4 Å². The Labute approximate surface area is 207 Å². The van der Waals surface area contributed by atoms with Gasteiger partial charge < -0.3 is 19.9 Å². The van der Waals surface area contributed by atoms with Crippen LogP contribution in [0.4, 0.5) is 10.5 Å². The van der Waals surface area contributed by atoms with E-state index in [1.807, 2.05) is 62.6 Å². The van der Waals surface area contributed by atoms with E-state index in [9.17, 15) is 9.59 Å². The molecule has 0 spiro atoms. The van der Waals surface area contributed by atoms with E-state index in [0.717, 1.165) is 36.2 Å². The van der Waals surface area contributed by atoms with E-state index in [-0.39, 0.29) is 18.6 Å². The first-order chi connectivity index (χ1) is 17.0. The smallest absolute Gasteiger partial charge is 0.338 e. The van der Waals surface area contributed by atoms with Gasteiger partial charge in [-0.15, -0.1) is 0 Å². The Morgan fingerprint density at radius 3 is 2.34 bits per heavy atom. The van der Waals surface area contributed by atoms with E-state index in [1.54, 1.807) is 17.0 Å². The van der Waals surface area contributed by atoms with Gasteiger partial charge in [0.15, 0.2) is 0 Å². The molecule has 0 saturated heterocycles. The lowest BCUT2D eigenvalue weighted by Crippen LogP contribution is -2.39. The number of carbonyl (C=O) groups is 2. The number of carbonyl (C=O) groups excluding carboxylic acids is 2. The van der Waals surface area contributed by atoms with Gasteiger partial charge in [-0.2, -0.15) is 0 Å². The summed E-state index contributed by atoms with van der Waals surface area (Å²) < 4.78 is 5.42. The number of nitrogens with one attached hydrogen (secondary N) is 1. The molecule has 6 heteroatoms. The Hall–Kier alpha value is -3.64. The Morgan fingerprint density at radius 2 is 1.60 bits per heavy atom. The highest BCUT2D eigenvalue weighted by Gasteiger charge is 2.17. The molecule has 0 unspecified atom stereocenters. The lowest BCUT2D eigenvalue weighted by atomic mass is 10.1. The normalized spacial score (nSPS) is 12.3. The summed E-state index contributed by atoms with van der Waals surface area (Å²) in [5, 5.41) is 3.07. The minimum Gasteiger partial charge on any atom is -0.457 e. The van der Waals surface area contributed by atoms with E-state index >= 15 is 0 Å². The van der Waals surface area contributed by atoms with Gasteiger partial charge in [-0.1, -0.05) is 48.5 Å². The monoisotopic (exact) mass is 471 g/mol. The van der Waals surface area contributed by atoms with Gasteiger partial charge in [0.25, 0.3) is 0 Å². The summed E-state index contributed by atoms with van der Waals surface area (Å²) in [5.41, 5.74) is 5.94. The Kier molecular flexibility index (Phi) is 8.16. The van der Waals surface area contributed by atoms with Crippen LogP contribution in [0, 0.1) is 0 Å². The van der Waals surface area contributed by atoms with Gasteiger partial charge in [-0.25, -0.2) is 9.59 Å². The van der Waals surface area contributed by atoms with Crippen molar-refractivity contribution in [2.24, 2.45) is 0 Å². The van der Waals surface area contributed by atoms with Crippen molar-refractivity contribution in [3.8, 4) is 0 Å². The predicted octanol–water partition coefficient (Wildman–Crippen LogP) is 5.13. The van der Waals surface area contributed by atoms with Gasteiger partial charge in [-0.05, 0) is 79.9 Å². The number of urea groups is 1. The second-order valence-corrected chi connectivity index (χ2v) is 9.25. The van der Waals surface area contributed by atoms with Gasteiger partial charge >= 0.3 is 12.0 Å². The molecule has 0 aromatic heterocycles. The number of aryl methyl sites for hydroxylation is 2. The SMILES string of the molecule is CN(C)CCN(Cc1ccc(C(=O)OCc2ccccc2)cc1)C(=O)Nc1ccc2c(c1)CCC2. The van der Waals surface area contributed by atoms with Crippen LogP contribution in [0.2, 0.25) is 0 Å². The largest absolute Gasteiger partial charge is 0.457 e. The Balaban J connectivity index is 1.38. The molecule has 4 rings (SSSR count). The van der Waals surface area contributed by atoms with Crippen LogP contribution in [0.1, 0.15) is 39.0 Å². The highest BCUT2D eigenvalue weighted by Crippen LogP contribution is 2.25. The number of amides is 2. The molecule has 3 aromatic rings. The Morgan fingerprint density at radius 1 is 0.857 bits per heavy atom. The van der Waals surface area contributed by atoms with Crippen molar-refractivity contribution in [3.63, 3.8) is 0 Å². The molecule has 35 heavy (non-hydrogen) atoms. The molecule has 0 heterocycles. The number of rotatable bonds is 9. The highest BCUT2D eigenvalue weighted by atomic mass is 16.5. The number of hydrogen-bond donors (Lipinski definition) is 1. The minimum absolute atomic E-state index is 0.129. The molecule has 0 aliphatic heterocycles. The Bertz CT molecular complexity index is 1140. The predicted molar refractivity (Wildman–Crippen MR) is 138 cm³/mol. The summed E-state index contributed by atoms with van der Waals surface area (Å²) in [4.78, 5) is 29.4. The van der Waals surface area contributed by atoms with Gasteiger partial charge in [0.2, 0.25) is 0 Å². The molecule has 1 N–H and O–H groups in total. The van der Waals surface area contributed by atoms with Crippen LogP contribution in [-0.2, 0) is 30.7 Å². The summed E-state index contributed by atoms with van der Waals surface area (Å²) in [6, 6.07) is 23.0. The van der Waals surface area contributed by atoms with E-state index in [4.69, 9.17) is 4.74 Å². The molecule has 1 aliphatic rings. The summed E-state index contributed by atoms with van der Waals surface area (Å²) in [6.07, 6.45) is 3.37. The molecular weight excluding hydrogens is 438 g/mol. The van der Waals surface area contributed by atoms with Crippen molar-refractivity contribution in [1.82, 2.24) is 9.80 Å².